The molecule has 2 aromatic rings. The fraction of sp³-hybridized carbons (Fsp3) is 0.429. The molecule has 20 heavy (non-hydrogen) atoms. The third-order valence-corrected chi connectivity index (χ3v) is 4.19. The van der Waals surface area contributed by atoms with E-state index in [1.54, 1.807) is 0 Å². The number of aliphatic hydroxyl groups excluding tert-OH is 1. The first-order chi connectivity index (χ1) is 9.63. The highest BCUT2D eigenvalue weighted by Crippen LogP contribution is 2.25. The molecular formula is C14H16BrN3O2. The maximum Gasteiger partial charge on any atom is 0.226 e. The average Bonchev–Trinajstić information content (AvgIpc) is 3.01. The van der Waals surface area contributed by atoms with Crippen LogP contribution in [0.2, 0.25) is 0 Å². The van der Waals surface area contributed by atoms with Gasteiger partial charge in [0.05, 0.1) is 24.3 Å². The summed E-state index contributed by atoms with van der Waals surface area (Å²) in [5.74, 6) is -0.339. The van der Waals surface area contributed by atoms with Gasteiger partial charge in [0, 0.05) is 16.9 Å². The number of hydrogen-bond acceptors (Lipinski definition) is 3. The van der Waals surface area contributed by atoms with Gasteiger partial charge in [-0.1, -0.05) is 0 Å². The predicted molar refractivity (Wildman–Crippen MR) is 78.1 cm³/mol. The van der Waals surface area contributed by atoms with E-state index in [-0.39, 0.29) is 11.8 Å². The van der Waals surface area contributed by atoms with Crippen molar-refractivity contribution in [1.82, 2.24) is 14.7 Å². The first-order valence-corrected chi connectivity index (χ1v) is 7.52. The van der Waals surface area contributed by atoms with E-state index in [1.165, 1.54) is 0 Å². The topological polar surface area (TPSA) is 66.6 Å². The molecular weight excluding hydrogens is 322 g/mol. The zero-order valence-electron chi connectivity index (χ0n) is 10.9. The molecule has 1 saturated carbocycles. The molecule has 2 heterocycles. The van der Waals surface area contributed by atoms with Crippen LogP contribution in [0.1, 0.15) is 25.0 Å². The zero-order valence-corrected chi connectivity index (χ0v) is 12.5. The summed E-state index contributed by atoms with van der Waals surface area (Å²) in [4.78, 5) is 16.4. The summed E-state index contributed by atoms with van der Waals surface area (Å²) < 4.78 is 2.89. The van der Waals surface area contributed by atoms with E-state index in [9.17, 15) is 9.90 Å². The zero-order chi connectivity index (χ0) is 14.1. The number of amides is 1. The number of nitrogens with zero attached hydrogens (tertiary/aromatic N) is 2. The second-order valence-corrected chi connectivity index (χ2v) is 6.08. The summed E-state index contributed by atoms with van der Waals surface area (Å²) >= 11 is 3.41. The monoisotopic (exact) mass is 337 g/mol. The van der Waals surface area contributed by atoms with Gasteiger partial charge in [0.25, 0.3) is 0 Å². The fourth-order valence-corrected chi connectivity index (χ4v) is 3.01. The number of aliphatic hydroxyl groups is 1. The lowest BCUT2D eigenvalue weighted by atomic mass is 10.1. The second kappa shape index (κ2) is 5.54. The largest absolute Gasteiger partial charge is 0.392 e. The highest BCUT2D eigenvalue weighted by Gasteiger charge is 2.31. The van der Waals surface area contributed by atoms with E-state index in [4.69, 9.17) is 0 Å². The standard InChI is InChI=1S/C14H16BrN3O2/c15-9-4-5-13-17-10(8-18(13)7-9)6-16-14(20)11-2-1-3-12(11)19/h4-5,7-8,11-12,19H,1-3,6H2,(H,16,20). The maximum absolute atomic E-state index is 12.0. The lowest BCUT2D eigenvalue weighted by molar-refractivity contribution is -0.127. The molecule has 0 aromatic carbocycles. The Hall–Kier alpha value is -1.40. The molecule has 1 aliphatic carbocycles. The molecule has 0 saturated heterocycles. The van der Waals surface area contributed by atoms with Crippen LogP contribution in [-0.2, 0) is 11.3 Å². The number of aromatic nitrogens is 2. The number of fused-ring (bicyclic) bond motifs is 1. The van der Waals surface area contributed by atoms with Crippen molar-refractivity contribution in [2.24, 2.45) is 5.92 Å². The van der Waals surface area contributed by atoms with Crippen molar-refractivity contribution in [2.45, 2.75) is 31.9 Å². The Labute approximate surface area is 125 Å². The van der Waals surface area contributed by atoms with Crippen LogP contribution in [0.25, 0.3) is 5.65 Å². The number of nitrogens with one attached hydrogen (secondary N) is 1. The Morgan fingerprint density at radius 1 is 1.45 bits per heavy atom. The minimum atomic E-state index is -0.493. The smallest absolute Gasteiger partial charge is 0.226 e. The molecule has 2 N–H and O–H groups in total. The van der Waals surface area contributed by atoms with Gasteiger partial charge in [-0.25, -0.2) is 4.98 Å². The highest BCUT2D eigenvalue weighted by atomic mass is 79.9. The fourth-order valence-electron chi connectivity index (χ4n) is 2.66. The van der Waals surface area contributed by atoms with Crippen LogP contribution in [0.4, 0.5) is 0 Å². The van der Waals surface area contributed by atoms with Gasteiger partial charge in [0.15, 0.2) is 0 Å². The van der Waals surface area contributed by atoms with Gasteiger partial charge in [-0.05, 0) is 47.3 Å². The van der Waals surface area contributed by atoms with Crippen molar-refractivity contribution in [3.05, 3.63) is 34.7 Å². The number of imidazole rings is 1. The molecule has 1 amide bonds. The summed E-state index contributed by atoms with van der Waals surface area (Å²) in [6.07, 6.45) is 5.74. The van der Waals surface area contributed by atoms with Crippen LogP contribution in [0.15, 0.2) is 29.0 Å². The van der Waals surface area contributed by atoms with Gasteiger partial charge < -0.3 is 14.8 Å². The SMILES string of the molecule is O=C(NCc1cn2cc(Br)ccc2n1)C1CCCC1O. The molecule has 0 aliphatic heterocycles. The van der Waals surface area contributed by atoms with Gasteiger partial charge in [0.1, 0.15) is 5.65 Å². The van der Waals surface area contributed by atoms with Crippen molar-refractivity contribution in [1.29, 1.82) is 0 Å². The lowest BCUT2D eigenvalue weighted by Gasteiger charge is -2.13. The molecule has 6 heteroatoms. The molecule has 1 aliphatic rings. The molecule has 106 valence electrons. The van der Waals surface area contributed by atoms with Gasteiger partial charge in [-0.3, -0.25) is 4.79 Å². The number of rotatable bonds is 3. The number of carbonyl (C=O) groups excluding carboxylic acids is 1. The Morgan fingerprint density at radius 3 is 3.05 bits per heavy atom. The normalized spacial score (nSPS) is 22.3. The predicted octanol–water partition coefficient (Wildman–Crippen LogP) is 1.87. The Kier molecular flexibility index (Phi) is 3.76. The second-order valence-electron chi connectivity index (χ2n) is 5.17. The van der Waals surface area contributed by atoms with Gasteiger partial charge in [-0.2, -0.15) is 0 Å². The van der Waals surface area contributed by atoms with Crippen LogP contribution in [0.3, 0.4) is 0 Å². The number of halogens is 1. The summed E-state index contributed by atoms with van der Waals surface area (Å²) in [7, 11) is 0. The summed E-state index contributed by atoms with van der Waals surface area (Å²) in [5, 5.41) is 12.6. The lowest BCUT2D eigenvalue weighted by Crippen LogP contribution is -2.34. The molecule has 1 fully saturated rings. The van der Waals surface area contributed by atoms with Crippen LogP contribution < -0.4 is 5.32 Å². The Bertz CT molecular complexity index is 640. The summed E-state index contributed by atoms with van der Waals surface area (Å²) in [5.41, 5.74) is 1.65. The van der Waals surface area contributed by atoms with Crippen molar-refractivity contribution in [3.8, 4) is 0 Å². The quantitative estimate of drug-likeness (QED) is 0.898. The van der Waals surface area contributed by atoms with Gasteiger partial charge >= 0.3 is 0 Å². The van der Waals surface area contributed by atoms with Crippen molar-refractivity contribution in [3.63, 3.8) is 0 Å². The minimum absolute atomic E-state index is 0.0757. The summed E-state index contributed by atoms with van der Waals surface area (Å²) in [6.45, 7) is 0.390. The van der Waals surface area contributed by atoms with Gasteiger partial charge in [-0.15, -0.1) is 0 Å². The maximum atomic E-state index is 12.0. The van der Waals surface area contributed by atoms with Crippen LogP contribution in [-0.4, -0.2) is 26.5 Å². The first-order valence-electron chi connectivity index (χ1n) is 6.72. The van der Waals surface area contributed by atoms with Crippen LogP contribution in [0, 0.1) is 5.92 Å². The van der Waals surface area contributed by atoms with Gasteiger partial charge in [0.2, 0.25) is 5.91 Å². The number of carbonyl (C=O) groups is 1. The van der Waals surface area contributed by atoms with E-state index in [2.05, 4.69) is 26.2 Å². The average molecular weight is 338 g/mol. The molecule has 5 nitrogen and oxygen atoms in total. The van der Waals surface area contributed by atoms with E-state index >= 15 is 0 Å². The van der Waals surface area contributed by atoms with E-state index in [0.717, 1.165) is 35.1 Å². The van der Waals surface area contributed by atoms with Crippen molar-refractivity contribution >= 4 is 27.5 Å². The molecule has 2 unspecified atom stereocenters. The molecule has 2 atom stereocenters. The van der Waals surface area contributed by atoms with E-state index in [1.807, 2.05) is 28.9 Å². The van der Waals surface area contributed by atoms with Crippen LogP contribution >= 0.6 is 15.9 Å². The minimum Gasteiger partial charge on any atom is -0.392 e. The van der Waals surface area contributed by atoms with Crippen LogP contribution in [0.5, 0.6) is 0 Å². The molecule has 0 radical (unpaired) electrons. The summed E-state index contributed by atoms with van der Waals surface area (Å²) in [6, 6.07) is 3.84. The van der Waals surface area contributed by atoms with Crippen molar-refractivity contribution < 1.29 is 9.90 Å². The van der Waals surface area contributed by atoms with E-state index < -0.39 is 6.10 Å². The molecule has 0 bridgehead atoms. The van der Waals surface area contributed by atoms with E-state index in [0.29, 0.717) is 6.54 Å². The number of hydrogen-bond donors (Lipinski definition) is 2. The Morgan fingerprint density at radius 2 is 2.30 bits per heavy atom. The molecule has 2 aromatic heterocycles. The highest BCUT2D eigenvalue weighted by molar-refractivity contribution is 9.10. The molecule has 0 spiro atoms. The third kappa shape index (κ3) is 2.71. The Balaban J connectivity index is 1.66. The molecule has 3 rings (SSSR count). The third-order valence-electron chi connectivity index (χ3n) is 3.72. The first kappa shape index (κ1) is 13.6. The van der Waals surface area contributed by atoms with Crippen molar-refractivity contribution in [2.75, 3.05) is 0 Å². The number of pyridine rings is 1.